The number of anilines is 1. The van der Waals surface area contributed by atoms with Gasteiger partial charge >= 0.3 is 0 Å². The van der Waals surface area contributed by atoms with E-state index in [0.29, 0.717) is 29.6 Å². The molecule has 3 heterocycles. The highest BCUT2D eigenvalue weighted by molar-refractivity contribution is 5.96. The number of benzene rings is 2. The lowest BCUT2D eigenvalue weighted by atomic mass is 10.1. The van der Waals surface area contributed by atoms with E-state index in [0.717, 1.165) is 49.2 Å². The van der Waals surface area contributed by atoms with E-state index in [2.05, 4.69) is 5.32 Å². The number of amides is 1. The van der Waals surface area contributed by atoms with Gasteiger partial charge in [0.25, 0.3) is 11.5 Å². The normalized spacial score (nSPS) is 18.9. The van der Waals surface area contributed by atoms with Gasteiger partial charge in [-0.3, -0.25) is 14.2 Å². The zero-order valence-corrected chi connectivity index (χ0v) is 16.2. The van der Waals surface area contributed by atoms with Crippen LogP contribution in [0.2, 0.25) is 0 Å². The fourth-order valence-electron chi connectivity index (χ4n) is 4.24. The maximum absolute atomic E-state index is 13.0. The van der Waals surface area contributed by atoms with Crippen LogP contribution in [0.4, 0.5) is 5.69 Å². The Bertz CT molecular complexity index is 1150. The van der Waals surface area contributed by atoms with E-state index in [1.807, 2.05) is 30.3 Å². The zero-order chi connectivity index (χ0) is 19.8. The molecule has 1 amide bonds. The number of nitrogens with zero attached hydrogens (tertiary/aromatic N) is 2. The number of aromatic nitrogens is 2. The summed E-state index contributed by atoms with van der Waals surface area (Å²) in [5.74, 6) is 1.23. The number of hydrogen-bond acceptors (Lipinski definition) is 4. The molecule has 0 radical (unpaired) electrons. The van der Waals surface area contributed by atoms with Crippen molar-refractivity contribution in [3.8, 4) is 5.75 Å². The van der Waals surface area contributed by atoms with E-state index in [4.69, 9.17) is 9.72 Å². The zero-order valence-electron chi connectivity index (χ0n) is 16.2. The van der Waals surface area contributed by atoms with Gasteiger partial charge in [0.1, 0.15) is 11.6 Å². The molecule has 1 atom stereocenters. The maximum Gasteiger partial charge on any atom is 0.265 e. The average molecular weight is 389 g/mol. The summed E-state index contributed by atoms with van der Waals surface area (Å²) in [7, 11) is 0. The Balaban J connectivity index is 1.44. The second-order valence-electron chi connectivity index (χ2n) is 7.77. The Morgan fingerprint density at radius 1 is 1.03 bits per heavy atom. The van der Waals surface area contributed by atoms with Crippen LogP contribution in [0, 0.1) is 0 Å². The summed E-state index contributed by atoms with van der Waals surface area (Å²) in [5, 5.41) is 3.49. The molecule has 1 N–H and O–H groups in total. The molecule has 2 aliphatic heterocycles. The number of para-hydroxylation sites is 1. The van der Waals surface area contributed by atoms with Crippen molar-refractivity contribution >= 4 is 22.5 Å². The van der Waals surface area contributed by atoms with Crippen molar-refractivity contribution < 1.29 is 9.53 Å². The molecule has 0 aliphatic carbocycles. The smallest absolute Gasteiger partial charge is 0.265 e. The van der Waals surface area contributed by atoms with Gasteiger partial charge in [0, 0.05) is 18.7 Å². The van der Waals surface area contributed by atoms with Crippen LogP contribution in [-0.4, -0.2) is 21.6 Å². The van der Waals surface area contributed by atoms with Crippen LogP contribution in [0.5, 0.6) is 5.75 Å². The fourth-order valence-corrected chi connectivity index (χ4v) is 4.24. The van der Waals surface area contributed by atoms with E-state index in [1.165, 1.54) is 0 Å². The van der Waals surface area contributed by atoms with E-state index in [1.54, 1.807) is 16.7 Å². The predicted octanol–water partition coefficient (Wildman–Crippen LogP) is 3.46. The minimum Gasteiger partial charge on any atom is -0.481 e. The Labute approximate surface area is 168 Å². The number of fused-ring (bicyclic) bond motifs is 3. The first-order chi connectivity index (χ1) is 14.2. The molecule has 6 nitrogen and oxygen atoms in total. The van der Waals surface area contributed by atoms with Crippen molar-refractivity contribution in [1.82, 2.24) is 9.55 Å². The van der Waals surface area contributed by atoms with Crippen molar-refractivity contribution in [2.75, 3.05) is 5.32 Å². The predicted molar refractivity (Wildman–Crippen MR) is 111 cm³/mol. The monoisotopic (exact) mass is 389 g/mol. The number of rotatable bonds is 2. The summed E-state index contributed by atoms with van der Waals surface area (Å²) in [5.41, 5.74) is 2.62. The Kier molecular flexibility index (Phi) is 4.54. The summed E-state index contributed by atoms with van der Waals surface area (Å²) >= 11 is 0. The van der Waals surface area contributed by atoms with Crippen molar-refractivity contribution in [3.63, 3.8) is 0 Å². The van der Waals surface area contributed by atoms with E-state index in [9.17, 15) is 9.59 Å². The first-order valence-corrected chi connectivity index (χ1v) is 10.3. The highest BCUT2D eigenvalue weighted by atomic mass is 16.5. The second-order valence-corrected chi connectivity index (χ2v) is 7.77. The first-order valence-electron chi connectivity index (χ1n) is 10.3. The van der Waals surface area contributed by atoms with Crippen molar-refractivity contribution in [1.29, 1.82) is 0 Å². The molecule has 6 heteroatoms. The van der Waals surface area contributed by atoms with Crippen LogP contribution in [0.15, 0.2) is 47.3 Å². The molecule has 0 spiro atoms. The molecule has 5 rings (SSSR count). The van der Waals surface area contributed by atoms with Gasteiger partial charge in [0.05, 0.1) is 10.9 Å². The standard InChI is InChI=1S/C23H23N3O3/c27-22-20(12-9-15-6-3-4-7-18(15)25-22)29-16-10-11-19-17(14-16)23(28)26-13-5-1-2-8-21(26)24-19/h3-4,6-7,10-11,14,20H,1-2,5,8-9,12-13H2,(H,25,27). The molecule has 3 aromatic rings. The minimum absolute atomic E-state index is 0.0185. The third-order valence-corrected chi connectivity index (χ3v) is 5.81. The molecule has 0 fully saturated rings. The first kappa shape index (κ1) is 17.9. The van der Waals surface area contributed by atoms with Crippen molar-refractivity contribution in [2.45, 2.75) is 51.2 Å². The molecule has 148 valence electrons. The molecule has 1 unspecified atom stereocenters. The molecular formula is C23H23N3O3. The van der Waals surface area contributed by atoms with Crippen LogP contribution in [-0.2, 0) is 24.2 Å². The largest absolute Gasteiger partial charge is 0.481 e. The van der Waals surface area contributed by atoms with E-state index < -0.39 is 6.10 Å². The topological polar surface area (TPSA) is 73.2 Å². The van der Waals surface area contributed by atoms with E-state index in [-0.39, 0.29) is 11.5 Å². The number of carbonyl (C=O) groups is 1. The van der Waals surface area contributed by atoms with Crippen LogP contribution < -0.4 is 15.6 Å². The summed E-state index contributed by atoms with van der Waals surface area (Å²) in [6, 6.07) is 13.2. The highest BCUT2D eigenvalue weighted by Crippen LogP contribution is 2.25. The van der Waals surface area contributed by atoms with Gasteiger partial charge in [-0.05, 0) is 55.5 Å². The highest BCUT2D eigenvalue weighted by Gasteiger charge is 2.25. The van der Waals surface area contributed by atoms with Gasteiger partial charge in [-0.2, -0.15) is 0 Å². The van der Waals surface area contributed by atoms with Crippen LogP contribution in [0.1, 0.15) is 37.1 Å². The summed E-state index contributed by atoms with van der Waals surface area (Å²) < 4.78 is 7.82. The molecule has 0 saturated carbocycles. The van der Waals surface area contributed by atoms with Crippen LogP contribution in [0.25, 0.3) is 10.9 Å². The lowest BCUT2D eigenvalue weighted by molar-refractivity contribution is -0.122. The van der Waals surface area contributed by atoms with Gasteiger partial charge in [0.2, 0.25) is 0 Å². The molecular weight excluding hydrogens is 366 g/mol. The summed E-state index contributed by atoms with van der Waals surface area (Å²) in [6.45, 7) is 0.714. The number of ether oxygens (including phenoxy) is 1. The molecule has 1 aromatic heterocycles. The average Bonchev–Trinajstić information content (AvgIpc) is 3.06. The summed E-state index contributed by atoms with van der Waals surface area (Å²) in [6.07, 6.45) is 4.76. The van der Waals surface area contributed by atoms with Gasteiger partial charge < -0.3 is 10.1 Å². The van der Waals surface area contributed by atoms with Gasteiger partial charge in [0.15, 0.2) is 6.10 Å². The SMILES string of the molecule is O=C1Nc2ccccc2CCC1Oc1ccc2nc3n(c(=O)c2c1)CCCCC3. The maximum atomic E-state index is 13.0. The van der Waals surface area contributed by atoms with Crippen LogP contribution in [0.3, 0.4) is 0 Å². The van der Waals surface area contributed by atoms with Gasteiger partial charge in [-0.25, -0.2) is 4.98 Å². The number of nitrogens with one attached hydrogen (secondary N) is 1. The third kappa shape index (κ3) is 3.39. The van der Waals surface area contributed by atoms with E-state index >= 15 is 0 Å². The second kappa shape index (κ2) is 7.35. The molecule has 2 aromatic carbocycles. The quantitative estimate of drug-likeness (QED) is 0.729. The number of carbonyl (C=O) groups excluding carboxylic acids is 1. The Morgan fingerprint density at radius 3 is 2.86 bits per heavy atom. The van der Waals surface area contributed by atoms with Gasteiger partial charge in [-0.1, -0.05) is 24.6 Å². The molecule has 2 aliphatic rings. The molecule has 0 saturated heterocycles. The lowest BCUT2D eigenvalue weighted by Gasteiger charge is -2.17. The van der Waals surface area contributed by atoms with Crippen molar-refractivity contribution in [2.24, 2.45) is 0 Å². The minimum atomic E-state index is -0.601. The molecule has 29 heavy (non-hydrogen) atoms. The number of aryl methyl sites for hydroxylation is 2. The lowest BCUT2D eigenvalue weighted by Crippen LogP contribution is -2.32. The fraction of sp³-hybridized carbons (Fsp3) is 0.348. The summed E-state index contributed by atoms with van der Waals surface area (Å²) in [4.78, 5) is 30.4. The third-order valence-electron chi connectivity index (χ3n) is 5.81. The molecule has 0 bridgehead atoms. The van der Waals surface area contributed by atoms with Crippen LogP contribution >= 0.6 is 0 Å². The van der Waals surface area contributed by atoms with Crippen molar-refractivity contribution in [3.05, 3.63) is 64.2 Å². The Morgan fingerprint density at radius 2 is 1.93 bits per heavy atom. The van der Waals surface area contributed by atoms with Gasteiger partial charge in [-0.15, -0.1) is 0 Å². The Hall–Kier alpha value is -3.15. The number of hydrogen-bond donors (Lipinski definition) is 1.